The first-order valence-corrected chi connectivity index (χ1v) is 3.07. The minimum atomic E-state index is 0. The lowest BCUT2D eigenvalue weighted by molar-refractivity contribution is 0.318. The van der Waals surface area contributed by atoms with Crippen LogP contribution in [0.3, 0.4) is 0 Å². The Labute approximate surface area is 81.3 Å². The lowest BCUT2D eigenvalue weighted by Gasteiger charge is -1.52. The van der Waals surface area contributed by atoms with Gasteiger partial charge in [-0.25, -0.2) is 0 Å². The van der Waals surface area contributed by atoms with E-state index in [1.54, 1.807) is 20.8 Å². The van der Waals surface area contributed by atoms with E-state index in [4.69, 9.17) is 15.3 Å². The highest BCUT2D eigenvalue weighted by Gasteiger charge is 1.35. The maximum atomic E-state index is 7.57. The summed E-state index contributed by atoms with van der Waals surface area (Å²) < 4.78 is 0. The molecule has 0 radical (unpaired) electrons. The minimum absolute atomic E-state index is 0. The molecule has 0 aromatic carbocycles. The Balaban J connectivity index is -0.0000000150. The standard InChI is InChI=1S/3C2H6O.2ClH/c3*1-2-3;;/h3*3H,2H2,1H3;2*1H. The fourth-order valence-electron chi connectivity index (χ4n) is 0. The van der Waals surface area contributed by atoms with Gasteiger partial charge < -0.3 is 15.3 Å². The molecule has 76 valence electrons. The number of aliphatic hydroxyl groups excluding tert-OH is 3. The molecule has 0 aromatic heterocycles. The molecule has 0 aliphatic heterocycles. The largest absolute Gasteiger partial charge is 0.397 e. The molecular formula is C6H20Cl2O3. The molecule has 0 saturated heterocycles. The van der Waals surface area contributed by atoms with Crippen molar-refractivity contribution >= 4 is 24.8 Å². The van der Waals surface area contributed by atoms with Gasteiger partial charge in [-0.2, -0.15) is 0 Å². The van der Waals surface area contributed by atoms with Gasteiger partial charge in [0.15, 0.2) is 0 Å². The molecule has 0 aromatic rings. The van der Waals surface area contributed by atoms with Gasteiger partial charge in [0.2, 0.25) is 0 Å². The Morgan fingerprint density at radius 3 is 0.636 bits per heavy atom. The summed E-state index contributed by atoms with van der Waals surface area (Å²) in [6, 6.07) is 0. The minimum Gasteiger partial charge on any atom is -0.397 e. The molecule has 0 rings (SSSR count). The van der Waals surface area contributed by atoms with Crippen LogP contribution in [-0.2, 0) is 0 Å². The topological polar surface area (TPSA) is 60.7 Å². The number of hydrogen-bond acceptors (Lipinski definition) is 3. The van der Waals surface area contributed by atoms with Gasteiger partial charge in [0, 0.05) is 19.8 Å². The Kier molecular flexibility index (Phi) is 214. The molecule has 0 amide bonds. The van der Waals surface area contributed by atoms with Crippen molar-refractivity contribution in [3.63, 3.8) is 0 Å². The zero-order chi connectivity index (χ0) is 8.12. The molecule has 0 spiro atoms. The predicted octanol–water partition coefficient (Wildman–Crippen LogP) is 0.839. The molecule has 0 unspecified atom stereocenters. The van der Waals surface area contributed by atoms with Crippen LogP contribution in [-0.4, -0.2) is 35.1 Å². The summed E-state index contributed by atoms with van der Waals surface area (Å²) in [6.45, 7) is 5.79. The van der Waals surface area contributed by atoms with Crippen molar-refractivity contribution in [1.29, 1.82) is 0 Å². The highest BCUT2D eigenvalue weighted by atomic mass is 35.5. The molecule has 11 heavy (non-hydrogen) atoms. The van der Waals surface area contributed by atoms with E-state index in [-0.39, 0.29) is 44.6 Å². The van der Waals surface area contributed by atoms with E-state index in [2.05, 4.69) is 0 Å². The highest BCUT2D eigenvalue weighted by molar-refractivity contribution is 5.85. The average molecular weight is 211 g/mol. The second-order valence-electron chi connectivity index (χ2n) is 0.949. The summed E-state index contributed by atoms with van der Waals surface area (Å²) in [4.78, 5) is 0. The average Bonchev–Trinajstić information content (AvgIpc) is 1.70. The summed E-state index contributed by atoms with van der Waals surface area (Å²) in [5.74, 6) is 0. The number of hydrogen-bond donors (Lipinski definition) is 3. The van der Waals surface area contributed by atoms with Crippen LogP contribution in [0, 0.1) is 0 Å². The van der Waals surface area contributed by atoms with Crippen LogP contribution in [0.1, 0.15) is 20.8 Å². The first kappa shape index (κ1) is 30.0. The third kappa shape index (κ3) is 3540. The fourth-order valence-corrected chi connectivity index (χ4v) is 0. The first-order chi connectivity index (χ1) is 4.24. The van der Waals surface area contributed by atoms with Crippen LogP contribution in [0.5, 0.6) is 0 Å². The third-order valence-electron chi connectivity index (χ3n) is 0. The smallest absolute Gasteiger partial charge is 0.0402 e. The molecule has 0 saturated carbocycles. The van der Waals surface area contributed by atoms with Gasteiger partial charge in [-0.05, 0) is 20.8 Å². The first-order valence-electron chi connectivity index (χ1n) is 3.07. The van der Waals surface area contributed by atoms with Gasteiger partial charge in [0.25, 0.3) is 0 Å². The second-order valence-corrected chi connectivity index (χ2v) is 0.949. The molecule has 0 bridgehead atoms. The van der Waals surface area contributed by atoms with Gasteiger partial charge >= 0.3 is 0 Å². The molecule has 5 heteroatoms. The predicted molar refractivity (Wildman–Crippen MR) is 52.8 cm³/mol. The van der Waals surface area contributed by atoms with Crippen molar-refractivity contribution in [2.45, 2.75) is 20.8 Å². The van der Waals surface area contributed by atoms with E-state index < -0.39 is 0 Å². The van der Waals surface area contributed by atoms with Crippen LogP contribution < -0.4 is 0 Å². The SMILES string of the molecule is CCO.CCO.CCO.Cl.Cl. The van der Waals surface area contributed by atoms with Crippen molar-refractivity contribution in [1.82, 2.24) is 0 Å². The van der Waals surface area contributed by atoms with Gasteiger partial charge in [-0.1, -0.05) is 0 Å². The monoisotopic (exact) mass is 210 g/mol. The van der Waals surface area contributed by atoms with Crippen LogP contribution in [0.4, 0.5) is 0 Å². The van der Waals surface area contributed by atoms with Crippen LogP contribution in [0.15, 0.2) is 0 Å². The normalized spacial score (nSPS) is 4.91. The van der Waals surface area contributed by atoms with E-state index >= 15 is 0 Å². The lowest BCUT2D eigenvalue weighted by Crippen LogP contribution is -1.57. The molecule has 3 N–H and O–H groups in total. The van der Waals surface area contributed by atoms with Crippen LogP contribution >= 0.6 is 24.8 Å². The highest BCUT2D eigenvalue weighted by Crippen LogP contribution is 1.30. The van der Waals surface area contributed by atoms with E-state index in [1.165, 1.54) is 0 Å². The Bertz CT molecular complexity index is 20.5. The lowest BCUT2D eigenvalue weighted by atomic mass is 10.9. The van der Waals surface area contributed by atoms with Crippen molar-refractivity contribution in [2.75, 3.05) is 19.8 Å². The quantitative estimate of drug-likeness (QED) is 0.556. The summed E-state index contributed by atoms with van der Waals surface area (Å²) in [6.07, 6.45) is 0. The van der Waals surface area contributed by atoms with Gasteiger partial charge in [0.1, 0.15) is 0 Å². The Hall–Kier alpha value is 0.460. The summed E-state index contributed by atoms with van der Waals surface area (Å²) in [5, 5.41) is 22.7. The van der Waals surface area contributed by atoms with Crippen molar-refractivity contribution in [3.8, 4) is 0 Å². The van der Waals surface area contributed by atoms with Gasteiger partial charge in [0.05, 0.1) is 0 Å². The summed E-state index contributed by atoms with van der Waals surface area (Å²) in [5.41, 5.74) is 0. The van der Waals surface area contributed by atoms with Crippen molar-refractivity contribution in [2.24, 2.45) is 0 Å². The molecule has 0 heterocycles. The van der Waals surface area contributed by atoms with Gasteiger partial charge in [-0.3, -0.25) is 0 Å². The molecule has 0 aliphatic carbocycles. The van der Waals surface area contributed by atoms with E-state index in [0.29, 0.717) is 0 Å². The molecule has 0 aliphatic rings. The van der Waals surface area contributed by atoms with Gasteiger partial charge in [-0.15, -0.1) is 24.8 Å². The van der Waals surface area contributed by atoms with Crippen LogP contribution in [0.2, 0.25) is 0 Å². The fraction of sp³-hybridized carbons (Fsp3) is 1.00. The Morgan fingerprint density at radius 2 is 0.636 bits per heavy atom. The van der Waals surface area contributed by atoms with E-state index in [9.17, 15) is 0 Å². The molecular weight excluding hydrogens is 191 g/mol. The van der Waals surface area contributed by atoms with E-state index in [0.717, 1.165) is 0 Å². The maximum Gasteiger partial charge on any atom is 0.0402 e. The summed E-state index contributed by atoms with van der Waals surface area (Å²) >= 11 is 0. The molecule has 0 fully saturated rings. The molecule has 3 nitrogen and oxygen atoms in total. The number of aliphatic hydroxyl groups is 3. The maximum absolute atomic E-state index is 7.57. The van der Waals surface area contributed by atoms with E-state index in [1.807, 2.05) is 0 Å². The Morgan fingerprint density at radius 1 is 0.636 bits per heavy atom. The number of rotatable bonds is 0. The van der Waals surface area contributed by atoms with Crippen molar-refractivity contribution < 1.29 is 15.3 Å². The van der Waals surface area contributed by atoms with Crippen LogP contribution in [0.25, 0.3) is 0 Å². The second kappa shape index (κ2) is 78.2. The van der Waals surface area contributed by atoms with Crippen molar-refractivity contribution in [3.05, 3.63) is 0 Å². The zero-order valence-corrected chi connectivity index (χ0v) is 8.91. The summed E-state index contributed by atoms with van der Waals surface area (Å²) in [7, 11) is 0. The molecule has 0 atom stereocenters. The number of halogens is 2. The third-order valence-corrected chi connectivity index (χ3v) is 0. The zero-order valence-electron chi connectivity index (χ0n) is 7.28.